The van der Waals surface area contributed by atoms with E-state index in [2.05, 4.69) is 6.58 Å². The van der Waals surface area contributed by atoms with Gasteiger partial charge >= 0.3 is 0 Å². The van der Waals surface area contributed by atoms with Gasteiger partial charge in [-0.2, -0.15) is 0 Å². The molecular formula is C6H14ClNO. The molecule has 3 heteroatoms. The largest absolute Gasteiger partial charge is 0.376 e. The molecule has 0 bridgehead atoms. The van der Waals surface area contributed by atoms with Crippen molar-refractivity contribution in [1.29, 1.82) is 0 Å². The van der Waals surface area contributed by atoms with Crippen molar-refractivity contribution in [3.63, 3.8) is 0 Å². The second kappa shape index (κ2) is 7.95. The molecule has 0 aliphatic rings. The molecule has 0 saturated heterocycles. The van der Waals surface area contributed by atoms with Crippen molar-refractivity contribution in [3.8, 4) is 0 Å². The maximum Gasteiger partial charge on any atom is 0.0672 e. The fourth-order valence-electron chi connectivity index (χ4n) is 0.330. The summed E-state index contributed by atoms with van der Waals surface area (Å²) in [5.41, 5.74) is 6.20. The van der Waals surface area contributed by atoms with E-state index in [-0.39, 0.29) is 12.4 Å². The van der Waals surface area contributed by atoms with Crippen molar-refractivity contribution in [2.75, 3.05) is 19.8 Å². The summed E-state index contributed by atoms with van der Waals surface area (Å²) in [6, 6.07) is 0. The van der Waals surface area contributed by atoms with Crippen molar-refractivity contribution >= 4 is 12.4 Å². The molecule has 0 radical (unpaired) electrons. The van der Waals surface area contributed by atoms with E-state index in [4.69, 9.17) is 10.5 Å². The van der Waals surface area contributed by atoms with Crippen molar-refractivity contribution in [2.24, 2.45) is 5.73 Å². The first-order valence-electron chi connectivity index (χ1n) is 2.69. The van der Waals surface area contributed by atoms with E-state index in [0.29, 0.717) is 19.8 Å². The van der Waals surface area contributed by atoms with E-state index in [1.807, 2.05) is 6.92 Å². The van der Waals surface area contributed by atoms with Crippen LogP contribution in [-0.2, 0) is 4.74 Å². The molecule has 0 aromatic rings. The summed E-state index contributed by atoms with van der Waals surface area (Å²) in [4.78, 5) is 0. The highest BCUT2D eigenvalue weighted by Crippen LogP contribution is 1.85. The van der Waals surface area contributed by atoms with Gasteiger partial charge < -0.3 is 10.5 Å². The van der Waals surface area contributed by atoms with Crippen LogP contribution in [0.25, 0.3) is 0 Å². The minimum atomic E-state index is 0. The maximum atomic E-state index is 5.16. The third-order valence-electron chi connectivity index (χ3n) is 0.611. The molecule has 2 nitrogen and oxygen atoms in total. The standard InChI is InChI=1S/C6H13NO.ClH/c1-6(2)5-8-4-3-7;/h1,3-5,7H2,2H3;1H. The molecule has 0 spiro atoms. The van der Waals surface area contributed by atoms with Gasteiger partial charge in [-0.3, -0.25) is 0 Å². The molecule has 0 saturated carbocycles. The SMILES string of the molecule is C=C(C)COCCN.Cl. The molecule has 0 heterocycles. The van der Waals surface area contributed by atoms with E-state index in [1.165, 1.54) is 0 Å². The average molecular weight is 152 g/mol. The summed E-state index contributed by atoms with van der Waals surface area (Å²) in [6.45, 7) is 7.45. The second-order valence-electron chi connectivity index (χ2n) is 1.80. The molecule has 0 aliphatic heterocycles. The number of rotatable bonds is 4. The first-order chi connectivity index (χ1) is 3.77. The topological polar surface area (TPSA) is 35.2 Å². The molecule has 0 aromatic heterocycles. The third kappa shape index (κ3) is 11.5. The highest BCUT2D eigenvalue weighted by atomic mass is 35.5. The van der Waals surface area contributed by atoms with E-state index in [0.717, 1.165) is 5.57 Å². The Hall–Kier alpha value is -0.0500. The lowest BCUT2D eigenvalue weighted by atomic mass is 10.4. The molecule has 0 fully saturated rings. The number of hydrogen-bond acceptors (Lipinski definition) is 2. The fraction of sp³-hybridized carbons (Fsp3) is 0.667. The first-order valence-corrected chi connectivity index (χ1v) is 2.69. The fourth-order valence-corrected chi connectivity index (χ4v) is 0.330. The summed E-state index contributed by atoms with van der Waals surface area (Å²) in [7, 11) is 0. The average Bonchev–Trinajstić information content (AvgIpc) is 1.66. The van der Waals surface area contributed by atoms with Gasteiger partial charge in [-0.15, -0.1) is 12.4 Å². The van der Waals surface area contributed by atoms with Gasteiger partial charge in [0.05, 0.1) is 13.2 Å². The smallest absolute Gasteiger partial charge is 0.0672 e. The molecule has 0 aliphatic carbocycles. The number of ether oxygens (including phenoxy) is 1. The summed E-state index contributed by atoms with van der Waals surface area (Å²) in [6.07, 6.45) is 0. The normalized spacial score (nSPS) is 8.22. The van der Waals surface area contributed by atoms with Gasteiger partial charge in [0.15, 0.2) is 0 Å². The molecule has 0 rings (SSSR count). The van der Waals surface area contributed by atoms with Gasteiger partial charge in [0, 0.05) is 6.54 Å². The van der Waals surface area contributed by atoms with Crippen LogP contribution < -0.4 is 5.73 Å². The molecule has 0 atom stereocenters. The Balaban J connectivity index is 0. The number of nitrogens with two attached hydrogens (primary N) is 1. The lowest BCUT2D eigenvalue weighted by molar-refractivity contribution is 0.164. The van der Waals surface area contributed by atoms with Crippen LogP contribution in [0.5, 0.6) is 0 Å². The first kappa shape index (κ1) is 11.7. The highest BCUT2D eigenvalue weighted by molar-refractivity contribution is 5.85. The quantitative estimate of drug-likeness (QED) is 0.480. The molecule has 0 amide bonds. The van der Waals surface area contributed by atoms with Crippen LogP contribution in [0.2, 0.25) is 0 Å². The van der Waals surface area contributed by atoms with Gasteiger partial charge in [0.2, 0.25) is 0 Å². The summed E-state index contributed by atoms with van der Waals surface area (Å²) >= 11 is 0. The second-order valence-corrected chi connectivity index (χ2v) is 1.80. The monoisotopic (exact) mass is 151 g/mol. The Morgan fingerprint density at radius 3 is 2.56 bits per heavy atom. The molecular weight excluding hydrogens is 138 g/mol. The van der Waals surface area contributed by atoms with Gasteiger partial charge in [-0.25, -0.2) is 0 Å². The predicted octanol–water partition coefficient (Wildman–Crippen LogP) is 0.960. The van der Waals surface area contributed by atoms with Crippen molar-refractivity contribution in [3.05, 3.63) is 12.2 Å². The number of halogens is 1. The summed E-state index contributed by atoms with van der Waals surface area (Å²) < 4.78 is 5.02. The van der Waals surface area contributed by atoms with Gasteiger partial charge in [-0.05, 0) is 6.92 Å². The van der Waals surface area contributed by atoms with E-state index in [9.17, 15) is 0 Å². The molecule has 9 heavy (non-hydrogen) atoms. The number of hydrogen-bond donors (Lipinski definition) is 1. The zero-order chi connectivity index (χ0) is 6.41. The Morgan fingerprint density at radius 2 is 2.22 bits per heavy atom. The van der Waals surface area contributed by atoms with E-state index in [1.54, 1.807) is 0 Å². The van der Waals surface area contributed by atoms with Crippen LogP contribution in [0.1, 0.15) is 6.92 Å². The molecule has 2 N–H and O–H groups in total. The summed E-state index contributed by atoms with van der Waals surface area (Å²) in [5, 5.41) is 0. The molecule has 0 unspecified atom stereocenters. The summed E-state index contributed by atoms with van der Waals surface area (Å²) in [5.74, 6) is 0. The Morgan fingerprint density at radius 1 is 1.67 bits per heavy atom. The van der Waals surface area contributed by atoms with E-state index < -0.39 is 0 Å². The zero-order valence-electron chi connectivity index (χ0n) is 5.72. The third-order valence-corrected chi connectivity index (χ3v) is 0.611. The Bertz CT molecular complexity index is 75.5. The van der Waals surface area contributed by atoms with Crippen LogP contribution >= 0.6 is 12.4 Å². The van der Waals surface area contributed by atoms with Gasteiger partial charge in [0.1, 0.15) is 0 Å². The lowest BCUT2D eigenvalue weighted by Crippen LogP contribution is -2.08. The Labute approximate surface area is 62.5 Å². The van der Waals surface area contributed by atoms with Crippen LogP contribution in [0.4, 0.5) is 0 Å². The van der Waals surface area contributed by atoms with E-state index >= 15 is 0 Å². The van der Waals surface area contributed by atoms with Crippen molar-refractivity contribution in [2.45, 2.75) is 6.92 Å². The van der Waals surface area contributed by atoms with Gasteiger partial charge in [-0.1, -0.05) is 12.2 Å². The Kier molecular flexibility index (Phi) is 10.3. The zero-order valence-corrected chi connectivity index (χ0v) is 6.54. The molecule has 56 valence electrons. The van der Waals surface area contributed by atoms with Crippen LogP contribution in [0.3, 0.4) is 0 Å². The minimum Gasteiger partial charge on any atom is -0.376 e. The van der Waals surface area contributed by atoms with Crippen LogP contribution in [0, 0.1) is 0 Å². The van der Waals surface area contributed by atoms with Crippen LogP contribution in [0.15, 0.2) is 12.2 Å². The van der Waals surface area contributed by atoms with Crippen molar-refractivity contribution in [1.82, 2.24) is 0 Å². The molecule has 0 aromatic carbocycles. The maximum absolute atomic E-state index is 5.16. The lowest BCUT2D eigenvalue weighted by Gasteiger charge is -1.98. The highest BCUT2D eigenvalue weighted by Gasteiger charge is 1.82. The minimum absolute atomic E-state index is 0. The van der Waals surface area contributed by atoms with Crippen molar-refractivity contribution < 1.29 is 4.74 Å². The predicted molar refractivity (Wildman–Crippen MR) is 41.9 cm³/mol. The van der Waals surface area contributed by atoms with Crippen LogP contribution in [-0.4, -0.2) is 19.8 Å². The van der Waals surface area contributed by atoms with Gasteiger partial charge in [0.25, 0.3) is 0 Å².